The van der Waals surface area contributed by atoms with E-state index in [0.717, 1.165) is 0 Å². The van der Waals surface area contributed by atoms with E-state index in [-0.39, 0.29) is 8.85 Å². The number of amides is 1. The Balaban J connectivity index is 5.56. The summed E-state index contributed by atoms with van der Waals surface area (Å²) >= 11 is -4.02. The highest BCUT2D eigenvalue weighted by molar-refractivity contribution is 8.11. The number of hydrogen-bond donors (Lipinski definition) is 2. The van der Waals surface area contributed by atoms with E-state index in [9.17, 15) is 42.9 Å². The number of halogens is 4. The monoisotopic (exact) mass is 322 g/mol. The molecule has 0 aliphatic rings. The highest BCUT2D eigenvalue weighted by atomic mass is 32.3. The van der Waals surface area contributed by atoms with Crippen LogP contribution in [0.3, 0.4) is 0 Å². The molecule has 0 radical (unpaired) electrons. The molecule has 0 aliphatic carbocycles. The molecule has 1 atom stereocenters. The predicted molar refractivity (Wildman–Crippen MR) is 44.8 cm³/mol. The number of nitrogens with one attached hydrogen (secondary N) is 2. The van der Waals surface area contributed by atoms with E-state index in [1.54, 1.807) is 0 Å². The van der Waals surface area contributed by atoms with E-state index in [1.807, 2.05) is 0 Å². The molecule has 0 rings (SSSR count). The molecular formula is C2H2F4N2O6S3. The molecule has 0 aromatic heterocycles. The maximum atomic E-state index is 12.8. The fraction of sp³-hybridized carbons (Fsp3) is 0.500. The lowest BCUT2D eigenvalue weighted by Crippen LogP contribution is -2.50. The summed E-state index contributed by atoms with van der Waals surface area (Å²) < 4.78 is 95.0. The van der Waals surface area contributed by atoms with E-state index < -0.39 is 42.2 Å². The average molecular weight is 322 g/mol. The molecule has 0 heterocycles. The van der Waals surface area contributed by atoms with Crippen molar-refractivity contribution < 1.29 is 42.9 Å². The third kappa shape index (κ3) is 3.58. The molecule has 15 heteroatoms. The standard InChI is InChI=1S/C2H2F4N2O6S3/c3-1(9)7-16(11,12)2(4,5)17(13,14)8-15(6)10/h8H,(H,7,9). The first-order chi connectivity index (χ1) is 7.33. The molecule has 0 aromatic carbocycles. The summed E-state index contributed by atoms with van der Waals surface area (Å²) in [7, 11) is -12.6. The maximum Gasteiger partial charge on any atom is 0.479 e. The second-order valence-electron chi connectivity index (χ2n) is 2.15. The Hall–Kier alpha value is -0.800. The molecule has 1 unspecified atom stereocenters. The zero-order valence-electron chi connectivity index (χ0n) is 7.19. The van der Waals surface area contributed by atoms with Crippen LogP contribution in [0.1, 0.15) is 0 Å². The molecule has 0 aliphatic heterocycles. The van der Waals surface area contributed by atoms with Crippen molar-refractivity contribution in [3.63, 3.8) is 0 Å². The maximum absolute atomic E-state index is 12.8. The highest BCUT2D eigenvalue weighted by Gasteiger charge is 2.59. The van der Waals surface area contributed by atoms with Crippen molar-refractivity contribution in [2.75, 3.05) is 0 Å². The molecule has 0 fully saturated rings. The molecule has 0 saturated carbocycles. The number of sulfonamides is 2. The highest BCUT2D eigenvalue weighted by Crippen LogP contribution is 2.27. The van der Waals surface area contributed by atoms with Crippen LogP contribution in [0.15, 0.2) is 0 Å². The van der Waals surface area contributed by atoms with Crippen molar-refractivity contribution in [2.24, 2.45) is 0 Å². The van der Waals surface area contributed by atoms with Gasteiger partial charge in [0.05, 0.1) is 0 Å². The van der Waals surface area contributed by atoms with E-state index in [2.05, 4.69) is 0 Å². The van der Waals surface area contributed by atoms with Crippen molar-refractivity contribution in [2.45, 2.75) is 4.59 Å². The van der Waals surface area contributed by atoms with Gasteiger partial charge in [-0.1, -0.05) is 4.13 Å². The number of carbonyl (C=O) groups is 1. The third-order valence-electron chi connectivity index (χ3n) is 1.02. The molecule has 8 nitrogen and oxygen atoms in total. The van der Waals surface area contributed by atoms with Gasteiger partial charge in [-0.15, -0.1) is 8.28 Å². The largest absolute Gasteiger partial charge is 0.479 e. The van der Waals surface area contributed by atoms with E-state index >= 15 is 0 Å². The van der Waals surface area contributed by atoms with Crippen LogP contribution >= 0.6 is 0 Å². The Morgan fingerprint density at radius 2 is 1.53 bits per heavy atom. The molecule has 17 heavy (non-hydrogen) atoms. The summed E-state index contributed by atoms with van der Waals surface area (Å²) in [4.78, 5) is 9.62. The SMILES string of the molecule is O=C(F)NS(=O)(=O)C(F)(F)S(=O)(=O)NS(=O)F. The number of hydrogen-bond acceptors (Lipinski definition) is 6. The van der Waals surface area contributed by atoms with Crippen LogP contribution in [0.2, 0.25) is 0 Å². The second-order valence-corrected chi connectivity index (χ2v) is 6.77. The van der Waals surface area contributed by atoms with Gasteiger partial charge in [-0.3, -0.25) is 0 Å². The first-order valence-corrected chi connectivity index (χ1v) is 7.05. The van der Waals surface area contributed by atoms with Gasteiger partial charge in [-0.2, -0.15) is 17.2 Å². The predicted octanol–water partition coefficient (Wildman–Crippen LogP) is -0.987. The van der Waals surface area contributed by atoms with Gasteiger partial charge in [0.15, 0.2) is 0 Å². The summed E-state index contributed by atoms with van der Waals surface area (Å²) in [5.74, 6) is 0. The topological polar surface area (TPSA) is 126 Å². The van der Waals surface area contributed by atoms with Gasteiger partial charge in [0.25, 0.3) is 11.4 Å². The summed E-state index contributed by atoms with van der Waals surface area (Å²) in [6, 6.07) is 0. The third-order valence-corrected chi connectivity index (χ3v) is 5.41. The zero-order valence-corrected chi connectivity index (χ0v) is 9.64. The van der Waals surface area contributed by atoms with Crippen LogP contribution in [0.5, 0.6) is 0 Å². The molecule has 1 amide bonds. The van der Waals surface area contributed by atoms with Gasteiger partial charge in [0, 0.05) is 0 Å². The van der Waals surface area contributed by atoms with Crippen LogP contribution in [0.4, 0.5) is 21.9 Å². The van der Waals surface area contributed by atoms with Crippen molar-refractivity contribution in [1.29, 1.82) is 0 Å². The lowest BCUT2D eigenvalue weighted by atomic mass is 11.4. The van der Waals surface area contributed by atoms with Crippen molar-refractivity contribution in [1.82, 2.24) is 8.85 Å². The van der Waals surface area contributed by atoms with E-state index in [0.29, 0.717) is 0 Å². The van der Waals surface area contributed by atoms with Crippen LogP contribution < -0.4 is 8.85 Å². The van der Waals surface area contributed by atoms with Crippen molar-refractivity contribution in [3.05, 3.63) is 0 Å². The van der Waals surface area contributed by atoms with Gasteiger partial charge < -0.3 is 0 Å². The minimum Gasteiger partial charge on any atom is -0.233 e. The number of alkyl halides is 2. The number of rotatable bonds is 5. The van der Waals surface area contributed by atoms with E-state index in [1.165, 1.54) is 0 Å². The van der Waals surface area contributed by atoms with E-state index in [4.69, 9.17) is 0 Å². The Morgan fingerprint density at radius 1 is 1.12 bits per heavy atom. The molecule has 2 N–H and O–H groups in total. The lowest BCUT2D eigenvalue weighted by Gasteiger charge is -2.15. The summed E-state index contributed by atoms with van der Waals surface area (Å²) in [6.45, 7) is 0. The lowest BCUT2D eigenvalue weighted by molar-refractivity contribution is 0.176. The summed E-state index contributed by atoms with van der Waals surface area (Å²) in [5, 5.41) is 0. The average Bonchev–Trinajstić information content (AvgIpc) is 1.97. The van der Waals surface area contributed by atoms with Crippen LogP contribution in [-0.4, -0.2) is 31.8 Å². The Labute approximate surface area is 94.4 Å². The van der Waals surface area contributed by atoms with Crippen LogP contribution in [-0.2, 0) is 31.4 Å². The second kappa shape index (κ2) is 4.83. The Kier molecular flexibility index (Phi) is 4.60. The molecular weight excluding hydrogens is 320 g/mol. The van der Waals surface area contributed by atoms with Crippen LogP contribution in [0.25, 0.3) is 0 Å². The van der Waals surface area contributed by atoms with Crippen molar-refractivity contribution >= 4 is 37.6 Å². The molecule has 0 aromatic rings. The first-order valence-electron chi connectivity index (χ1n) is 3.03. The molecule has 0 bridgehead atoms. The minimum atomic E-state index is -6.32. The minimum absolute atomic E-state index is 0.0148. The fourth-order valence-corrected chi connectivity index (χ4v) is 3.44. The van der Waals surface area contributed by atoms with Gasteiger partial charge in [0.2, 0.25) is 0 Å². The van der Waals surface area contributed by atoms with Gasteiger partial charge in [-0.25, -0.2) is 22.1 Å². The Morgan fingerprint density at radius 3 is 1.82 bits per heavy atom. The first kappa shape index (κ1) is 16.2. The zero-order chi connectivity index (χ0) is 14.1. The van der Waals surface area contributed by atoms with Gasteiger partial charge >= 0.3 is 30.8 Å². The fourth-order valence-electron chi connectivity index (χ4n) is 0.444. The van der Waals surface area contributed by atoms with Gasteiger partial charge in [0.1, 0.15) is 0 Å². The summed E-state index contributed by atoms with van der Waals surface area (Å²) in [5.41, 5.74) is 0. The summed E-state index contributed by atoms with van der Waals surface area (Å²) in [6.07, 6.45) is -2.98. The van der Waals surface area contributed by atoms with Crippen molar-refractivity contribution in [3.8, 4) is 0 Å². The normalized spacial score (nSPS) is 15.3. The molecule has 102 valence electrons. The smallest absolute Gasteiger partial charge is 0.233 e. The quantitative estimate of drug-likeness (QED) is 0.380. The molecule has 0 spiro atoms. The number of carbonyl (C=O) groups excluding carboxylic acids is 1. The Bertz CT molecular complexity index is 490. The molecule has 0 saturated heterocycles. The van der Waals surface area contributed by atoms with Gasteiger partial charge in [-0.05, 0) is 0 Å². The van der Waals surface area contributed by atoms with Crippen LogP contribution in [0, 0.1) is 0 Å².